The van der Waals surface area contributed by atoms with Crippen molar-refractivity contribution in [2.45, 2.75) is 13.5 Å². The Labute approximate surface area is 144 Å². The summed E-state index contributed by atoms with van der Waals surface area (Å²) >= 11 is 1.34. The van der Waals surface area contributed by atoms with E-state index < -0.39 is 0 Å². The number of phenolic OH excluding ortho intramolecular Hbond substituents is 1. The van der Waals surface area contributed by atoms with Gasteiger partial charge in [-0.05, 0) is 42.8 Å². The third-order valence-corrected chi connectivity index (χ3v) is 4.17. The summed E-state index contributed by atoms with van der Waals surface area (Å²) in [6.07, 6.45) is 3.67. The van der Waals surface area contributed by atoms with E-state index in [0.29, 0.717) is 17.1 Å². The first kappa shape index (κ1) is 17.5. The fourth-order valence-corrected chi connectivity index (χ4v) is 2.86. The lowest BCUT2D eigenvalue weighted by Crippen LogP contribution is -2.21. The van der Waals surface area contributed by atoms with Gasteiger partial charge < -0.3 is 16.2 Å². The molecule has 1 aromatic carbocycles. The fourth-order valence-electron chi connectivity index (χ4n) is 1.97. The van der Waals surface area contributed by atoms with Crippen LogP contribution < -0.4 is 11.1 Å². The first-order chi connectivity index (χ1) is 11.5. The minimum Gasteiger partial charge on any atom is -0.508 e. The van der Waals surface area contributed by atoms with E-state index in [0.717, 1.165) is 10.4 Å². The molecular weight excluding hydrogens is 322 g/mol. The highest BCUT2D eigenvalue weighted by atomic mass is 32.1. The van der Waals surface area contributed by atoms with E-state index >= 15 is 0 Å². The van der Waals surface area contributed by atoms with Crippen molar-refractivity contribution in [2.24, 2.45) is 10.7 Å². The van der Waals surface area contributed by atoms with Gasteiger partial charge >= 0.3 is 0 Å². The van der Waals surface area contributed by atoms with Crippen molar-refractivity contribution in [3.8, 4) is 5.75 Å². The summed E-state index contributed by atoms with van der Waals surface area (Å²) in [7, 11) is 0. The van der Waals surface area contributed by atoms with Crippen LogP contribution >= 0.6 is 11.3 Å². The zero-order chi connectivity index (χ0) is 17.5. The number of allylic oxidation sites excluding steroid dienone is 2. The topological polar surface area (TPSA) is 87.7 Å². The molecule has 24 heavy (non-hydrogen) atoms. The average Bonchev–Trinajstić information content (AvgIpc) is 3.03. The van der Waals surface area contributed by atoms with Crippen LogP contribution in [0.2, 0.25) is 0 Å². The number of phenols is 1. The van der Waals surface area contributed by atoms with E-state index in [1.54, 1.807) is 30.3 Å². The second kappa shape index (κ2) is 8.12. The maximum atomic E-state index is 12.3. The number of hydrogen-bond donors (Lipinski definition) is 3. The quantitative estimate of drug-likeness (QED) is 0.705. The average molecular weight is 341 g/mol. The number of nitrogens with two attached hydrogens (primary N) is 1. The molecule has 1 heterocycles. The zero-order valence-electron chi connectivity index (χ0n) is 13.3. The number of carbonyl (C=O) groups is 1. The number of rotatable bonds is 6. The van der Waals surface area contributed by atoms with Gasteiger partial charge in [0.2, 0.25) is 0 Å². The van der Waals surface area contributed by atoms with E-state index in [1.807, 2.05) is 25.1 Å². The summed E-state index contributed by atoms with van der Waals surface area (Å²) < 4.78 is 0. The highest BCUT2D eigenvalue weighted by molar-refractivity contribution is 7.16. The number of nitrogens with one attached hydrogen (secondary N) is 1. The molecule has 0 aliphatic carbocycles. The number of nitrogens with zero attached hydrogens (tertiary/aromatic N) is 1. The molecule has 0 spiro atoms. The Kier molecular flexibility index (Phi) is 5.92. The van der Waals surface area contributed by atoms with E-state index in [2.05, 4.69) is 16.9 Å². The van der Waals surface area contributed by atoms with Crippen LogP contribution in [0.5, 0.6) is 5.75 Å². The summed E-state index contributed by atoms with van der Waals surface area (Å²) in [6.45, 7) is 5.85. The molecule has 0 radical (unpaired) electrons. The molecular formula is C18H19N3O2S. The van der Waals surface area contributed by atoms with Gasteiger partial charge in [-0.1, -0.05) is 24.8 Å². The smallest absolute Gasteiger partial charge is 0.261 e. The molecule has 0 fully saturated rings. The minimum atomic E-state index is -0.161. The molecule has 124 valence electrons. The highest BCUT2D eigenvalue weighted by Gasteiger charge is 2.11. The molecule has 0 aliphatic rings. The monoisotopic (exact) mass is 341 g/mol. The fraction of sp³-hybridized carbons (Fsp3) is 0.111. The van der Waals surface area contributed by atoms with E-state index in [1.165, 1.54) is 11.3 Å². The van der Waals surface area contributed by atoms with Crippen LogP contribution in [0.15, 0.2) is 65.9 Å². The third kappa shape index (κ3) is 4.82. The Hall–Kier alpha value is -2.86. The van der Waals surface area contributed by atoms with Gasteiger partial charge in [0.05, 0.1) is 15.5 Å². The number of benzene rings is 1. The van der Waals surface area contributed by atoms with Crippen LogP contribution in [-0.2, 0) is 6.54 Å². The SMILES string of the molecule is C=C(N)/N=C(\C=C/C)c1ccc(C(=O)NCc2ccc(O)cc2)s1. The number of thiophene rings is 1. The lowest BCUT2D eigenvalue weighted by molar-refractivity contribution is 0.0955. The summed E-state index contributed by atoms with van der Waals surface area (Å²) in [5, 5.41) is 12.1. The van der Waals surface area contributed by atoms with Crippen molar-refractivity contribution < 1.29 is 9.90 Å². The van der Waals surface area contributed by atoms with Crippen LogP contribution in [0.25, 0.3) is 0 Å². The van der Waals surface area contributed by atoms with Crippen LogP contribution in [0, 0.1) is 0 Å². The molecule has 0 saturated carbocycles. The molecule has 0 atom stereocenters. The maximum Gasteiger partial charge on any atom is 0.261 e. The molecule has 0 saturated heterocycles. The second-order valence-electron chi connectivity index (χ2n) is 5.00. The predicted octanol–water partition coefficient (Wildman–Crippen LogP) is 3.18. The number of aromatic hydroxyl groups is 1. The highest BCUT2D eigenvalue weighted by Crippen LogP contribution is 2.19. The van der Waals surface area contributed by atoms with Crippen molar-refractivity contribution in [3.05, 3.63) is 76.3 Å². The van der Waals surface area contributed by atoms with Gasteiger partial charge in [0.15, 0.2) is 0 Å². The Bertz CT molecular complexity index is 789. The summed E-state index contributed by atoms with van der Waals surface area (Å²) in [6, 6.07) is 10.3. The molecule has 0 bridgehead atoms. The minimum absolute atomic E-state index is 0.161. The zero-order valence-corrected chi connectivity index (χ0v) is 14.1. The molecule has 0 aliphatic heterocycles. The molecule has 6 heteroatoms. The Morgan fingerprint density at radius 2 is 1.96 bits per heavy atom. The predicted molar refractivity (Wildman–Crippen MR) is 98.3 cm³/mol. The largest absolute Gasteiger partial charge is 0.508 e. The molecule has 4 N–H and O–H groups in total. The number of carbonyl (C=O) groups excluding carboxylic acids is 1. The van der Waals surface area contributed by atoms with Crippen LogP contribution in [0.4, 0.5) is 0 Å². The Morgan fingerprint density at radius 1 is 1.29 bits per heavy atom. The van der Waals surface area contributed by atoms with Crippen molar-refractivity contribution in [1.29, 1.82) is 0 Å². The molecule has 2 rings (SSSR count). The van der Waals surface area contributed by atoms with Crippen molar-refractivity contribution in [3.63, 3.8) is 0 Å². The van der Waals surface area contributed by atoms with Crippen LogP contribution in [0.3, 0.4) is 0 Å². The van der Waals surface area contributed by atoms with Gasteiger partial charge in [-0.2, -0.15) is 0 Å². The normalized spacial score (nSPS) is 11.6. The molecule has 2 aromatic rings. The summed E-state index contributed by atoms with van der Waals surface area (Å²) in [4.78, 5) is 17.9. The lowest BCUT2D eigenvalue weighted by Gasteiger charge is -2.04. The number of hydrogen-bond acceptors (Lipinski definition) is 5. The van der Waals surface area contributed by atoms with E-state index in [4.69, 9.17) is 5.73 Å². The Balaban J connectivity index is 2.07. The van der Waals surface area contributed by atoms with Crippen molar-refractivity contribution >= 4 is 23.0 Å². The van der Waals surface area contributed by atoms with Gasteiger partial charge in [-0.3, -0.25) is 4.79 Å². The van der Waals surface area contributed by atoms with Crippen molar-refractivity contribution in [2.75, 3.05) is 0 Å². The van der Waals surface area contributed by atoms with E-state index in [9.17, 15) is 9.90 Å². The van der Waals surface area contributed by atoms with Gasteiger partial charge in [0, 0.05) is 6.54 Å². The second-order valence-corrected chi connectivity index (χ2v) is 6.09. The van der Waals surface area contributed by atoms with Crippen molar-refractivity contribution in [1.82, 2.24) is 5.32 Å². The first-order valence-corrected chi connectivity index (χ1v) is 8.13. The summed E-state index contributed by atoms with van der Waals surface area (Å²) in [5.41, 5.74) is 7.13. The van der Waals surface area contributed by atoms with Crippen LogP contribution in [-0.4, -0.2) is 16.7 Å². The standard InChI is InChI=1S/C18H19N3O2S/c1-3-4-15(21-12(2)19)16-9-10-17(24-16)18(23)20-11-13-5-7-14(22)8-6-13/h3-10,22H,2,11,19H2,1H3,(H,20,23)/b4-3-,21-15+. The summed E-state index contributed by atoms with van der Waals surface area (Å²) in [5.74, 6) is 0.255. The van der Waals surface area contributed by atoms with E-state index in [-0.39, 0.29) is 17.5 Å². The van der Waals surface area contributed by atoms with Gasteiger partial charge in [-0.25, -0.2) is 4.99 Å². The molecule has 1 aromatic heterocycles. The molecule has 5 nitrogen and oxygen atoms in total. The Morgan fingerprint density at radius 3 is 2.58 bits per heavy atom. The third-order valence-electron chi connectivity index (χ3n) is 3.06. The maximum absolute atomic E-state index is 12.3. The molecule has 0 unspecified atom stereocenters. The lowest BCUT2D eigenvalue weighted by atomic mass is 10.2. The van der Waals surface area contributed by atoms with Gasteiger partial charge in [-0.15, -0.1) is 11.3 Å². The van der Waals surface area contributed by atoms with Gasteiger partial charge in [0.1, 0.15) is 11.6 Å². The van der Waals surface area contributed by atoms with Crippen LogP contribution in [0.1, 0.15) is 27.0 Å². The number of aliphatic imine (C=N–C) groups is 1. The molecule has 1 amide bonds. The number of amides is 1. The first-order valence-electron chi connectivity index (χ1n) is 7.31. The van der Waals surface area contributed by atoms with Gasteiger partial charge in [0.25, 0.3) is 5.91 Å².